The number of halogens is 1. The Bertz CT molecular complexity index is 787. The van der Waals surface area contributed by atoms with Gasteiger partial charge in [-0.05, 0) is 30.4 Å². The Balaban J connectivity index is 1.54. The van der Waals surface area contributed by atoms with Gasteiger partial charge in [-0.2, -0.15) is 4.39 Å². The first kappa shape index (κ1) is 18.2. The molecular formula is C18H20FN3O4. The molecule has 1 amide bonds. The van der Waals surface area contributed by atoms with E-state index in [1.807, 2.05) is 18.2 Å². The molecule has 0 saturated carbocycles. The second kappa shape index (κ2) is 8.20. The summed E-state index contributed by atoms with van der Waals surface area (Å²) in [5.41, 5.74) is 7.11. The van der Waals surface area contributed by atoms with Crippen LogP contribution in [0.3, 0.4) is 0 Å². The summed E-state index contributed by atoms with van der Waals surface area (Å²) in [6.07, 6.45) is 2.74. The third-order valence-corrected chi connectivity index (χ3v) is 4.16. The van der Waals surface area contributed by atoms with E-state index in [-0.39, 0.29) is 25.2 Å². The number of fused-ring (bicyclic) bond motifs is 1. The minimum atomic E-state index is -0.962. The molecule has 3 rings (SSSR count). The molecule has 7 nitrogen and oxygen atoms in total. The average Bonchev–Trinajstić information content (AvgIpc) is 2.65. The van der Waals surface area contributed by atoms with E-state index in [9.17, 15) is 14.3 Å². The van der Waals surface area contributed by atoms with Crippen molar-refractivity contribution in [2.45, 2.75) is 31.5 Å². The molecule has 0 bridgehead atoms. The lowest BCUT2D eigenvalue weighted by Crippen LogP contribution is -2.27. The van der Waals surface area contributed by atoms with Crippen molar-refractivity contribution in [3.05, 3.63) is 53.2 Å². The van der Waals surface area contributed by atoms with E-state index in [4.69, 9.17) is 15.2 Å². The predicted octanol–water partition coefficient (Wildman–Crippen LogP) is 1.55. The number of benzene rings is 1. The van der Waals surface area contributed by atoms with Crippen LogP contribution < -0.4 is 10.5 Å². The molecule has 138 valence electrons. The molecule has 0 aliphatic heterocycles. The Hall–Kier alpha value is -2.58. The smallest absolute Gasteiger partial charge is 0.273 e. The van der Waals surface area contributed by atoms with Gasteiger partial charge in [0.1, 0.15) is 12.7 Å². The average molecular weight is 361 g/mol. The van der Waals surface area contributed by atoms with Crippen LogP contribution in [0.15, 0.2) is 30.5 Å². The topological polar surface area (TPSA) is 108 Å². The normalized spacial score (nSPS) is 17.4. The third-order valence-electron chi connectivity index (χ3n) is 4.16. The Labute approximate surface area is 150 Å². The van der Waals surface area contributed by atoms with Crippen molar-refractivity contribution in [2.24, 2.45) is 5.73 Å². The molecule has 0 fully saturated rings. The number of aliphatic hydroxyl groups excluding tert-OH is 1. The van der Waals surface area contributed by atoms with Crippen LogP contribution >= 0.6 is 0 Å². The molecule has 1 aliphatic carbocycles. The van der Waals surface area contributed by atoms with E-state index in [1.54, 1.807) is 0 Å². The van der Waals surface area contributed by atoms with Crippen molar-refractivity contribution >= 4 is 5.91 Å². The molecular weight excluding hydrogens is 341 g/mol. The molecule has 0 saturated heterocycles. The van der Waals surface area contributed by atoms with Gasteiger partial charge >= 0.3 is 0 Å². The summed E-state index contributed by atoms with van der Waals surface area (Å²) in [6.45, 7) is -0.130. The SMILES string of the molecule is NC(=O)c1nc(F)cnc1OCC(O)COC1CCCc2ccccc21. The summed E-state index contributed by atoms with van der Waals surface area (Å²) in [5, 5.41) is 10.1. The monoisotopic (exact) mass is 361 g/mol. The summed E-state index contributed by atoms with van der Waals surface area (Å²) in [7, 11) is 0. The number of hydrogen-bond acceptors (Lipinski definition) is 6. The number of nitrogens with two attached hydrogens (primary N) is 1. The van der Waals surface area contributed by atoms with Gasteiger partial charge in [0, 0.05) is 0 Å². The summed E-state index contributed by atoms with van der Waals surface area (Å²) >= 11 is 0. The van der Waals surface area contributed by atoms with Crippen molar-refractivity contribution in [1.82, 2.24) is 9.97 Å². The predicted molar refractivity (Wildman–Crippen MR) is 90.1 cm³/mol. The molecule has 8 heteroatoms. The minimum absolute atomic E-state index is 0.0551. The van der Waals surface area contributed by atoms with Gasteiger partial charge < -0.3 is 20.3 Å². The highest BCUT2D eigenvalue weighted by atomic mass is 19.1. The van der Waals surface area contributed by atoms with Crippen molar-refractivity contribution < 1.29 is 23.8 Å². The largest absolute Gasteiger partial charge is 0.473 e. The number of ether oxygens (including phenoxy) is 2. The first-order valence-corrected chi connectivity index (χ1v) is 8.37. The van der Waals surface area contributed by atoms with Crippen LogP contribution in [0.5, 0.6) is 5.88 Å². The van der Waals surface area contributed by atoms with E-state index in [0.29, 0.717) is 0 Å². The highest BCUT2D eigenvalue weighted by molar-refractivity contribution is 5.92. The van der Waals surface area contributed by atoms with E-state index in [2.05, 4.69) is 16.0 Å². The van der Waals surface area contributed by atoms with Crippen molar-refractivity contribution in [3.8, 4) is 5.88 Å². The Morgan fingerprint density at radius 1 is 1.38 bits per heavy atom. The number of amides is 1. The fraction of sp³-hybridized carbons (Fsp3) is 0.389. The molecule has 0 spiro atoms. The van der Waals surface area contributed by atoms with Gasteiger partial charge in [0.15, 0.2) is 5.69 Å². The number of hydrogen-bond donors (Lipinski definition) is 2. The highest BCUT2D eigenvalue weighted by Gasteiger charge is 2.22. The molecule has 2 unspecified atom stereocenters. The summed E-state index contributed by atoms with van der Waals surface area (Å²) in [5.74, 6) is -2.12. The van der Waals surface area contributed by atoms with E-state index in [0.717, 1.165) is 31.0 Å². The van der Waals surface area contributed by atoms with Crippen LogP contribution in [0.25, 0.3) is 0 Å². The zero-order valence-electron chi connectivity index (χ0n) is 14.1. The van der Waals surface area contributed by atoms with Gasteiger partial charge in [-0.25, -0.2) is 9.97 Å². The molecule has 1 aliphatic rings. The molecule has 2 atom stereocenters. The van der Waals surface area contributed by atoms with Gasteiger partial charge in [0.25, 0.3) is 5.91 Å². The van der Waals surface area contributed by atoms with E-state index in [1.165, 1.54) is 5.56 Å². The van der Waals surface area contributed by atoms with Gasteiger partial charge in [-0.15, -0.1) is 0 Å². The molecule has 1 aromatic carbocycles. The molecule has 3 N–H and O–H groups in total. The Morgan fingerprint density at radius 3 is 3.00 bits per heavy atom. The molecule has 0 radical (unpaired) electrons. The van der Waals surface area contributed by atoms with Gasteiger partial charge in [0.2, 0.25) is 11.8 Å². The van der Waals surface area contributed by atoms with Crippen LogP contribution in [-0.2, 0) is 11.2 Å². The van der Waals surface area contributed by atoms with E-state index < -0.39 is 23.7 Å². The first-order chi connectivity index (χ1) is 12.5. The van der Waals surface area contributed by atoms with Gasteiger partial charge in [-0.3, -0.25) is 4.79 Å². The van der Waals surface area contributed by atoms with Gasteiger partial charge in [-0.1, -0.05) is 24.3 Å². The number of aliphatic hydroxyl groups is 1. The molecule has 2 aromatic rings. The lowest BCUT2D eigenvalue weighted by atomic mass is 9.89. The fourth-order valence-electron chi connectivity index (χ4n) is 2.96. The van der Waals surface area contributed by atoms with Crippen LogP contribution in [-0.4, -0.2) is 40.3 Å². The maximum atomic E-state index is 13.0. The second-order valence-corrected chi connectivity index (χ2v) is 6.09. The third kappa shape index (κ3) is 4.33. The molecule has 26 heavy (non-hydrogen) atoms. The molecule has 1 aromatic heterocycles. The zero-order chi connectivity index (χ0) is 18.5. The van der Waals surface area contributed by atoms with Crippen molar-refractivity contribution in [2.75, 3.05) is 13.2 Å². The maximum Gasteiger partial charge on any atom is 0.273 e. The van der Waals surface area contributed by atoms with E-state index >= 15 is 0 Å². The van der Waals surface area contributed by atoms with Crippen LogP contribution in [0.2, 0.25) is 0 Å². The number of aryl methyl sites for hydroxylation is 1. The Kier molecular flexibility index (Phi) is 5.75. The Morgan fingerprint density at radius 2 is 2.19 bits per heavy atom. The summed E-state index contributed by atoms with van der Waals surface area (Å²) in [6, 6.07) is 8.10. The minimum Gasteiger partial charge on any atom is -0.473 e. The quantitative estimate of drug-likeness (QED) is 0.775. The second-order valence-electron chi connectivity index (χ2n) is 6.09. The lowest BCUT2D eigenvalue weighted by Gasteiger charge is -2.26. The number of carbonyl (C=O) groups excluding carboxylic acids is 1. The van der Waals surface area contributed by atoms with Crippen molar-refractivity contribution in [3.63, 3.8) is 0 Å². The number of primary amides is 1. The maximum absolute atomic E-state index is 13.0. The van der Waals surface area contributed by atoms with Crippen LogP contribution in [0.4, 0.5) is 4.39 Å². The molecule has 1 heterocycles. The lowest BCUT2D eigenvalue weighted by molar-refractivity contribution is -0.0319. The summed E-state index contributed by atoms with van der Waals surface area (Å²) in [4.78, 5) is 18.2. The number of carbonyl (C=O) groups is 1. The number of rotatable bonds is 7. The van der Waals surface area contributed by atoms with Crippen molar-refractivity contribution in [1.29, 1.82) is 0 Å². The number of aromatic nitrogens is 2. The number of nitrogens with zero attached hydrogens (tertiary/aromatic N) is 2. The highest BCUT2D eigenvalue weighted by Crippen LogP contribution is 2.32. The standard InChI is InChI=1S/C18H20FN3O4/c19-15-8-21-18(16(22-15)17(20)24)26-10-12(23)9-25-14-7-3-5-11-4-1-2-6-13(11)14/h1-2,4,6,8,12,14,23H,3,5,7,9-10H2,(H2,20,24). The first-order valence-electron chi connectivity index (χ1n) is 8.37. The van der Waals surface area contributed by atoms with Crippen LogP contribution in [0.1, 0.15) is 40.6 Å². The zero-order valence-corrected chi connectivity index (χ0v) is 14.1. The van der Waals surface area contributed by atoms with Crippen LogP contribution in [0, 0.1) is 5.95 Å². The fourth-order valence-corrected chi connectivity index (χ4v) is 2.96. The van der Waals surface area contributed by atoms with Gasteiger partial charge in [0.05, 0.1) is 18.9 Å². The summed E-state index contributed by atoms with van der Waals surface area (Å²) < 4.78 is 24.1.